The highest BCUT2D eigenvalue weighted by Crippen LogP contribution is 2.31. The van der Waals surface area contributed by atoms with Crippen molar-refractivity contribution in [3.05, 3.63) is 23.3 Å². The monoisotopic (exact) mass is 264 g/mol. The standard InChI is InChI=1S/C17H28O2/c1-6-7-8-9-14-11-17(19-5)15(10-13(2)3)12-16(14)18-4/h11-13H,6-10H2,1-5H3. The highest BCUT2D eigenvalue weighted by molar-refractivity contribution is 5.46. The molecule has 2 heteroatoms. The summed E-state index contributed by atoms with van der Waals surface area (Å²) in [6.07, 6.45) is 5.80. The number of hydrogen-bond acceptors (Lipinski definition) is 2. The SMILES string of the molecule is CCCCCc1cc(OC)c(CC(C)C)cc1OC. The summed E-state index contributed by atoms with van der Waals surface area (Å²) in [6.45, 7) is 6.67. The maximum absolute atomic E-state index is 5.54. The van der Waals surface area contributed by atoms with Gasteiger partial charge in [-0.05, 0) is 48.4 Å². The Morgan fingerprint density at radius 3 is 2.05 bits per heavy atom. The van der Waals surface area contributed by atoms with E-state index in [9.17, 15) is 0 Å². The third kappa shape index (κ3) is 4.77. The van der Waals surface area contributed by atoms with Crippen molar-refractivity contribution in [2.45, 2.75) is 52.9 Å². The van der Waals surface area contributed by atoms with Gasteiger partial charge in [-0.2, -0.15) is 0 Å². The molecule has 0 aliphatic carbocycles. The summed E-state index contributed by atoms with van der Waals surface area (Å²) in [7, 11) is 3.51. The Hall–Kier alpha value is -1.18. The van der Waals surface area contributed by atoms with Gasteiger partial charge in [-0.15, -0.1) is 0 Å². The van der Waals surface area contributed by atoms with Crippen molar-refractivity contribution in [1.82, 2.24) is 0 Å². The molecular weight excluding hydrogens is 236 g/mol. The fourth-order valence-corrected chi connectivity index (χ4v) is 2.38. The second kappa shape index (κ2) is 8.08. The topological polar surface area (TPSA) is 18.5 Å². The van der Waals surface area contributed by atoms with Gasteiger partial charge in [0.25, 0.3) is 0 Å². The summed E-state index contributed by atoms with van der Waals surface area (Å²) in [6, 6.07) is 4.31. The molecule has 0 aliphatic heterocycles. The maximum atomic E-state index is 5.54. The Morgan fingerprint density at radius 1 is 0.947 bits per heavy atom. The molecule has 0 unspecified atom stereocenters. The van der Waals surface area contributed by atoms with Gasteiger partial charge in [0.2, 0.25) is 0 Å². The zero-order valence-corrected chi connectivity index (χ0v) is 13.1. The van der Waals surface area contributed by atoms with E-state index in [1.54, 1.807) is 14.2 Å². The lowest BCUT2D eigenvalue weighted by molar-refractivity contribution is 0.392. The largest absolute Gasteiger partial charge is 0.496 e. The zero-order valence-electron chi connectivity index (χ0n) is 13.1. The van der Waals surface area contributed by atoms with Crippen molar-refractivity contribution in [3.63, 3.8) is 0 Å². The van der Waals surface area contributed by atoms with Crippen molar-refractivity contribution in [2.75, 3.05) is 14.2 Å². The van der Waals surface area contributed by atoms with Crippen LogP contribution in [-0.2, 0) is 12.8 Å². The first-order valence-corrected chi connectivity index (χ1v) is 7.36. The fourth-order valence-electron chi connectivity index (χ4n) is 2.38. The predicted molar refractivity (Wildman–Crippen MR) is 81.3 cm³/mol. The lowest BCUT2D eigenvalue weighted by Crippen LogP contribution is -2.01. The lowest BCUT2D eigenvalue weighted by Gasteiger charge is -2.16. The number of aryl methyl sites for hydroxylation is 1. The van der Waals surface area contributed by atoms with E-state index in [1.165, 1.54) is 30.4 Å². The average molecular weight is 264 g/mol. The second-order valence-electron chi connectivity index (χ2n) is 5.53. The molecule has 1 aromatic rings. The van der Waals surface area contributed by atoms with Gasteiger partial charge >= 0.3 is 0 Å². The summed E-state index contributed by atoms with van der Waals surface area (Å²) in [5, 5.41) is 0. The molecule has 0 amide bonds. The summed E-state index contributed by atoms with van der Waals surface area (Å²) in [5.74, 6) is 2.62. The van der Waals surface area contributed by atoms with Crippen LogP contribution in [0.1, 0.15) is 51.2 Å². The minimum Gasteiger partial charge on any atom is -0.496 e. The van der Waals surface area contributed by atoms with Crippen LogP contribution < -0.4 is 9.47 Å². The number of rotatable bonds is 8. The van der Waals surface area contributed by atoms with E-state index >= 15 is 0 Å². The quantitative estimate of drug-likeness (QED) is 0.637. The third-order valence-electron chi connectivity index (χ3n) is 3.36. The highest BCUT2D eigenvalue weighted by Gasteiger charge is 2.12. The summed E-state index contributed by atoms with van der Waals surface area (Å²) >= 11 is 0. The van der Waals surface area contributed by atoms with Crippen LogP contribution in [0.25, 0.3) is 0 Å². The molecule has 1 rings (SSSR count). The van der Waals surface area contributed by atoms with Crippen molar-refractivity contribution in [2.24, 2.45) is 5.92 Å². The van der Waals surface area contributed by atoms with Crippen LogP contribution in [0.4, 0.5) is 0 Å². The number of hydrogen-bond donors (Lipinski definition) is 0. The van der Waals surface area contributed by atoms with E-state index in [0.29, 0.717) is 5.92 Å². The smallest absolute Gasteiger partial charge is 0.122 e. The van der Waals surface area contributed by atoms with E-state index < -0.39 is 0 Å². The molecule has 0 atom stereocenters. The Kier molecular flexibility index (Phi) is 6.75. The van der Waals surface area contributed by atoms with Crippen LogP contribution >= 0.6 is 0 Å². The Labute approximate surface area is 118 Å². The van der Waals surface area contributed by atoms with Crippen molar-refractivity contribution in [3.8, 4) is 11.5 Å². The van der Waals surface area contributed by atoms with Crippen molar-refractivity contribution >= 4 is 0 Å². The molecule has 0 spiro atoms. The van der Waals surface area contributed by atoms with Crippen molar-refractivity contribution < 1.29 is 9.47 Å². The number of benzene rings is 1. The summed E-state index contributed by atoms with van der Waals surface area (Å²) in [5.41, 5.74) is 2.51. The van der Waals surface area contributed by atoms with E-state index in [2.05, 4.69) is 32.9 Å². The van der Waals surface area contributed by atoms with Crippen LogP contribution in [-0.4, -0.2) is 14.2 Å². The summed E-state index contributed by atoms with van der Waals surface area (Å²) in [4.78, 5) is 0. The van der Waals surface area contributed by atoms with Gasteiger partial charge in [0.15, 0.2) is 0 Å². The highest BCUT2D eigenvalue weighted by atomic mass is 16.5. The van der Waals surface area contributed by atoms with Gasteiger partial charge in [-0.1, -0.05) is 33.6 Å². The van der Waals surface area contributed by atoms with Gasteiger partial charge < -0.3 is 9.47 Å². The zero-order chi connectivity index (χ0) is 14.3. The molecule has 0 saturated heterocycles. The number of methoxy groups -OCH3 is 2. The van der Waals surface area contributed by atoms with Gasteiger partial charge in [-0.3, -0.25) is 0 Å². The van der Waals surface area contributed by atoms with E-state index in [1.807, 2.05) is 0 Å². The Morgan fingerprint density at radius 2 is 1.53 bits per heavy atom. The fraction of sp³-hybridized carbons (Fsp3) is 0.647. The molecule has 0 heterocycles. The molecule has 1 aromatic carbocycles. The van der Waals surface area contributed by atoms with E-state index in [0.717, 1.165) is 24.3 Å². The molecule has 2 nitrogen and oxygen atoms in total. The van der Waals surface area contributed by atoms with E-state index in [4.69, 9.17) is 9.47 Å². The molecule has 0 N–H and O–H groups in total. The minimum absolute atomic E-state index is 0.615. The molecule has 0 bridgehead atoms. The van der Waals surface area contributed by atoms with Crippen LogP contribution in [0.3, 0.4) is 0 Å². The van der Waals surface area contributed by atoms with Gasteiger partial charge in [0.05, 0.1) is 14.2 Å². The second-order valence-corrected chi connectivity index (χ2v) is 5.53. The Bertz CT molecular complexity index is 383. The normalized spacial score (nSPS) is 10.8. The van der Waals surface area contributed by atoms with Gasteiger partial charge in [0.1, 0.15) is 11.5 Å². The van der Waals surface area contributed by atoms with Crippen LogP contribution in [0.5, 0.6) is 11.5 Å². The molecule has 0 saturated carbocycles. The van der Waals surface area contributed by atoms with Crippen LogP contribution in [0.2, 0.25) is 0 Å². The molecule has 0 aromatic heterocycles. The molecule has 0 fully saturated rings. The van der Waals surface area contributed by atoms with Crippen LogP contribution in [0, 0.1) is 5.92 Å². The Balaban J connectivity index is 2.97. The molecule has 0 aliphatic rings. The first-order chi connectivity index (χ1) is 9.12. The predicted octanol–water partition coefficient (Wildman–Crippen LogP) is 4.64. The van der Waals surface area contributed by atoms with E-state index in [-0.39, 0.29) is 0 Å². The molecule has 19 heavy (non-hydrogen) atoms. The van der Waals surface area contributed by atoms with Crippen molar-refractivity contribution in [1.29, 1.82) is 0 Å². The average Bonchev–Trinajstić information content (AvgIpc) is 2.39. The number of ether oxygens (including phenoxy) is 2. The van der Waals surface area contributed by atoms with Crippen LogP contribution in [0.15, 0.2) is 12.1 Å². The molecule has 108 valence electrons. The first kappa shape index (κ1) is 15.9. The maximum Gasteiger partial charge on any atom is 0.122 e. The molecule has 0 radical (unpaired) electrons. The lowest BCUT2D eigenvalue weighted by atomic mass is 9.97. The number of unbranched alkanes of at least 4 members (excludes halogenated alkanes) is 2. The minimum atomic E-state index is 0.615. The third-order valence-corrected chi connectivity index (χ3v) is 3.36. The van der Waals surface area contributed by atoms with Gasteiger partial charge in [0, 0.05) is 0 Å². The summed E-state index contributed by atoms with van der Waals surface area (Å²) < 4.78 is 11.1. The molecular formula is C17H28O2. The first-order valence-electron chi connectivity index (χ1n) is 7.36. The van der Waals surface area contributed by atoms with Gasteiger partial charge in [-0.25, -0.2) is 0 Å².